The van der Waals surface area contributed by atoms with Crippen LogP contribution in [0.3, 0.4) is 0 Å². The second kappa shape index (κ2) is 7.34. The van der Waals surface area contributed by atoms with Gasteiger partial charge in [0.25, 0.3) is 0 Å². The molecule has 2 amide bonds. The molecule has 0 radical (unpaired) electrons. The zero-order valence-corrected chi connectivity index (χ0v) is 13.8. The van der Waals surface area contributed by atoms with E-state index in [4.69, 9.17) is 4.74 Å². The molecule has 126 valence electrons. The number of carbonyl (C=O) groups excluding carboxylic acids is 2. The second-order valence-electron chi connectivity index (χ2n) is 5.99. The van der Waals surface area contributed by atoms with Crippen LogP contribution in [0.25, 0.3) is 10.8 Å². The van der Waals surface area contributed by atoms with Gasteiger partial charge in [-0.25, -0.2) is 4.79 Å². The average Bonchev–Trinajstić information content (AvgIpc) is 2.62. The van der Waals surface area contributed by atoms with E-state index in [0.717, 1.165) is 29.3 Å². The number of carbonyl (C=O) groups is 2. The lowest BCUT2D eigenvalue weighted by atomic mass is 9.98. The van der Waals surface area contributed by atoms with Crippen molar-refractivity contribution in [2.75, 3.05) is 25.0 Å². The highest BCUT2D eigenvalue weighted by atomic mass is 16.5. The molecular weight excluding hydrogens is 304 g/mol. The first-order valence-corrected chi connectivity index (χ1v) is 8.39. The Morgan fingerprint density at radius 1 is 1.21 bits per heavy atom. The van der Waals surface area contributed by atoms with Crippen molar-refractivity contribution >= 4 is 28.5 Å². The maximum Gasteiger partial charge on any atom is 0.321 e. The molecule has 1 atom stereocenters. The minimum atomic E-state index is -0.225. The first-order valence-electron chi connectivity index (χ1n) is 8.39. The van der Waals surface area contributed by atoms with Gasteiger partial charge in [-0.2, -0.15) is 0 Å². The highest BCUT2D eigenvalue weighted by Crippen LogP contribution is 2.24. The number of piperidine rings is 1. The number of amides is 2. The highest BCUT2D eigenvalue weighted by molar-refractivity contribution is 6.01. The molecule has 0 saturated carbocycles. The number of fused-ring (bicyclic) bond motifs is 1. The minimum absolute atomic E-state index is 0.166. The molecule has 0 unspecified atom stereocenters. The standard InChI is InChI=1S/C19H22N2O3/c1-2-24-18(22)15-9-6-12-21(13-15)19(23)20-17-11-5-8-14-7-3-4-10-16(14)17/h3-5,7-8,10-11,15H,2,6,9,12-13H2,1H3,(H,20,23)/t15-/m0/s1. The van der Waals surface area contributed by atoms with E-state index in [9.17, 15) is 9.59 Å². The van der Waals surface area contributed by atoms with Gasteiger partial charge < -0.3 is 15.0 Å². The van der Waals surface area contributed by atoms with E-state index in [2.05, 4.69) is 5.32 Å². The summed E-state index contributed by atoms with van der Waals surface area (Å²) >= 11 is 0. The van der Waals surface area contributed by atoms with E-state index in [-0.39, 0.29) is 17.9 Å². The van der Waals surface area contributed by atoms with Crippen molar-refractivity contribution in [1.29, 1.82) is 0 Å². The molecule has 0 bridgehead atoms. The van der Waals surface area contributed by atoms with Gasteiger partial charge in [-0.1, -0.05) is 36.4 Å². The van der Waals surface area contributed by atoms with E-state index in [1.165, 1.54) is 0 Å². The zero-order chi connectivity index (χ0) is 16.9. The Labute approximate surface area is 141 Å². The molecule has 1 heterocycles. The average molecular weight is 326 g/mol. The number of rotatable bonds is 3. The van der Waals surface area contributed by atoms with Gasteiger partial charge in [0.2, 0.25) is 0 Å². The number of esters is 1. The smallest absolute Gasteiger partial charge is 0.321 e. The van der Waals surface area contributed by atoms with Crippen molar-refractivity contribution in [2.45, 2.75) is 19.8 Å². The molecule has 1 N–H and O–H groups in total. The summed E-state index contributed by atoms with van der Waals surface area (Å²) < 4.78 is 5.09. The molecule has 3 rings (SSSR count). The number of hydrogen-bond acceptors (Lipinski definition) is 3. The molecule has 1 aliphatic rings. The maximum atomic E-state index is 12.6. The largest absolute Gasteiger partial charge is 0.466 e. The summed E-state index contributed by atoms with van der Waals surface area (Å²) in [7, 11) is 0. The number of nitrogens with one attached hydrogen (secondary N) is 1. The Bertz CT molecular complexity index is 739. The molecular formula is C19H22N2O3. The molecule has 0 aliphatic carbocycles. The van der Waals surface area contributed by atoms with Gasteiger partial charge in [0.15, 0.2) is 0 Å². The molecule has 2 aromatic carbocycles. The molecule has 0 spiro atoms. The number of urea groups is 1. The van der Waals surface area contributed by atoms with Gasteiger partial charge in [-0.15, -0.1) is 0 Å². The van der Waals surface area contributed by atoms with Crippen LogP contribution < -0.4 is 5.32 Å². The molecule has 5 heteroatoms. The van der Waals surface area contributed by atoms with E-state index in [1.807, 2.05) is 42.5 Å². The molecule has 0 aromatic heterocycles. The van der Waals surface area contributed by atoms with Crippen LogP contribution in [0.1, 0.15) is 19.8 Å². The predicted octanol–water partition coefficient (Wildman–Crippen LogP) is 3.65. The lowest BCUT2D eigenvalue weighted by Crippen LogP contribution is -2.44. The third-order valence-corrected chi connectivity index (χ3v) is 4.36. The van der Waals surface area contributed by atoms with Crippen LogP contribution in [0.5, 0.6) is 0 Å². The van der Waals surface area contributed by atoms with Crippen molar-refractivity contribution in [2.24, 2.45) is 5.92 Å². The predicted molar refractivity (Wildman–Crippen MR) is 93.9 cm³/mol. The van der Waals surface area contributed by atoms with Gasteiger partial charge in [0, 0.05) is 18.5 Å². The van der Waals surface area contributed by atoms with Crippen molar-refractivity contribution in [1.82, 2.24) is 4.90 Å². The van der Waals surface area contributed by atoms with Crippen LogP contribution in [0.4, 0.5) is 10.5 Å². The SMILES string of the molecule is CCOC(=O)[C@H]1CCCN(C(=O)Nc2cccc3ccccc23)C1. The third kappa shape index (κ3) is 3.50. The van der Waals surface area contributed by atoms with Gasteiger partial charge >= 0.3 is 12.0 Å². The van der Waals surface area contributed by atoms with Crippen LogP contribution in [0.2, 0.25) is 0 Å². The number of likely N-dealkylation sites (tertiary alicyclic amines) is 1. The summed E-state index contributed by atoms with van der Waals surface area (Å²) in [5.41, 5.74) is 0.788. The summed E-state index contributed by atoms with van der Waals surface area (Å²) in [5, 5.41) is 5.07. The molecule has 24 heavy (non-hydrogen) atoms. The van der Waals surface area contributed by atoms with Crippen LogP contribution in [0.15, 0.2) is 42.5 Å². The fourth-order valence-corrected chi connectivity index (χ4v) is 3.14. The van der Waals surface area contributed by atoms with Gasteiger partial charge in [-0.3, -0.25) is 4.79 Å². The van der Waals surface area contributed by atoms with Crippen molar-refractivity contribution in [3.63, 3.8) is 0 Å². The maximum absolute atomic E-state index is 12.6. The van der Waals surface area contributed by atoms with Crippen LogP contribution in [0, 0.1) is 5.92 Å². The monoisotopic (exact) mass is 326 g/mol. The number of benzene rings is 2. The normalized spacial score (nSPS) is 17.5. The summed E-state index contributed by atoms with van der Waals surface area (Å²) in [6.07, 6.45) is 1.59. The molecule has 1 aliphatic heterocycles. The Morgan fingerprint density at radius 2 is 2.00 bits per heavy atom. The van der Waals surface area contributed by atoms with Gasteiger partial charge in [-0.05, 0) is 31.2 Å². The lowest BCUT2D eigenvalue weighted by Gasteiger charge is -2.31. The fraction of sp³-hybridized carbons (Fsp3) is 0.368. The summed E-state index contributed by atoms with van der Waals surface area (Å²) in [6, 6.07) is 13.6. The molecule has 1 fully saturated rings. The Balaban J connectivity index is 1.71. The van der Waals surface area contributed by atoms with Crippen LogP contribution in [-0.4, -0.2) is 36.6 Å². The zero-order valence-electron chi connectivity index (χ0n) is 13.8. The fourth-order valence-electron chi connectivity index (χ4n) is 3.14. The van der Waals surface area contributed by atoms with Gasteiger partial charge in [0.05, 0.1) is 18.2 Å². The first kappa shape index (κ1) is 16.3. The minimum Gasteiger partial charge on any atom is -0.466 e. The van der Waals surface area contributed by atoms with Crippen LogP contribution in [-0.2, 0) is 9.53 Å². The van der Waals surface area contributed by atoms with Crippen molar-refractivity contribution in [3.05, 3.63) is 42.5 Å². The third-order valence-electron chi connectivity index (χ3n) is 4.36. The first-order chi connectivity index (χ1) is 11.7. The van der Waals surface area contributed by atoms with E-state index < -0.39 is 0 Å². The molecule has 5 nitrogen and oxygen atoms in total. The number of anilines is 1. The van der Waals surface area contributed by atoms with E-state index in [0.29, 0.717) is 19.7 Å². The summed E-state index contributed by atoms with van der Waals surface area (Å²) in [6.45, 7) is 3.24. The quantitative estimate of drug-likeness (QED) is 0.876. The van der Waals surface area contributed by atoms with Crippen molar-refractivity contribution < 1.29 is 14.3 Å². The van der Waals surface area contributed by atoms with Crippen LogP contribution >= 0.6 is 0 Å². The van der Waals surface area contributed by atoms with Gasteiger partial charge in [0.1, 0.15) is 0 Å². The summed E-state index contributed by atoms with van der Waals surface area (Å²) in [4.78, 5) is 26.2. The number of ether oxygens (including phenoxy) is 1. The Kier molecular flexibility index (Phi) is 4.99. The topological polar surface area (TPSA) is 58.6 Å². The van der Waals surface area contributed by atoms with E-state index in [1.54, 1.807) is 11.8 Å². The lowest BCUT2D eigenvalue weighted by molar-refractivity contribution is -0.149. The molecule has 1 saturated heterocycles. The molecule has 2 aromatic rings. The number of hydrogen-bond donors (Lipinski definition) is 1. The second-order valence-corrected chi connectivity index (χ2v) is 5.99. The highest BCUT2D eigenvalue weighted by Gasteiger charge is 2.29. The summed E-state index contributed by atoms with van der Waals surface area (Å²) in [5.74, 6) is -0.433. The Morgan fingerprint density at radius 3 is 2.83 bits per heavy atom. The Hall–Kier alpha value is -2.56. The number of nitrogens with zero attached hydrogens (tertiary/aromatic N) is 1. The van der Waals surface area contributed by atoms with Crippen molar-refractivity contribution in [3.8, 4) is 0 Å². The van der Waals surface area contributed by atoms with E-state index >= 15 is 0 Å².